The topological polar surface area (TPSA) is 52.5 Å². The van der Waals surface area contributed by atoms with Gasteiger partial charge >= 0.3 is 0 Å². The van der Waals surface area contributed by atoms with Crippen LogP contribution in [0.15, 0.2) is 36.4 Å². The van der Waals surface area contributed by atoms with E-state index in [1.54, 1.807) is 6.07 Å². The molecule has 0 bridgehead atoms. The van der Waals surface area contributed by atoms with Crippen molar-refractivity contribution in [2.24, 2.45) is 5.92 Å². The molecule has 0 radical (unpaired) electrons. The summed E-state index contributed by atoms with van der Waals surface area (Å²) in [5, 5.41) is 25.3. The molecule has 108 valence electrons. The molecule has 2 aromatic carbocycles. The fraction of sp³-hybridized carbons (Fsp3) is 0.412. The minimum atomic E-state index is -0.341. The van der Waals surface area contributed by atoms with Crippen LogP contribution >= 0.6 is 0 Å². The maximum Gasteiger partial charge on any atom is 0.120 e. The fourth-order valence-corrected chi connectivity index (χ4v) is 2.50. The lowest BCUT2D eigenvalue weighted by Gasteiger charge is -2.15. The first-order chi connectivity index (χ1) is 9.58. The number of rotatable bonds is 6. The molecule has 0 aliphatic carbocycles. The van der Waals surface area contributed by atoms with Gasteiger partial charge in [-0.15, -0.1) is 0 Å². The van der Waals surface area contributed by atoms with Crippen molar-refractivity contribution in [3.63, 3.8) is 0 Å². The Balaban J connectivity index is 2.04. The SMILES string of the molecule is CC(C)CC(O)CNCc1c(O)ccc2ccccc12. The molecule has 0 aliphatic rings. The van der Waals surface area contributed by atoms with Gasteiger partial charge in [0.15, 0.2) is 0 Å². The van der Waals surface area contributed by atoms with Crippen molar-refractivity contribution in [1.29, 1.82) is 0 Å². The molecule has 0 saturated heterocycles. The summed E-state index contributed by atoms with van der Waals surface area (Å²) in [7, 11) is 0. The lowest BCUT2D eigenvalue weighted by atomic mass is 10.0. The largest absolute Gasteiger partial charge is 0.508 e. The number of aliphatic hydroxyl groups is 1. The van der Waals surface area contributed by atoms with Crippen molar-refractivity contribution in [3.05, 3.63) is 42.0 Å². The molecule has 1 unspecified atom stereocenters. The highest BCUT2D eigenvalue weighted by Gasteiger charge is 2.09. The minimum Gasteiger partial charge on any atom is -0.508 e. The molecule has 0 aromatic heterocycles. The monoisotopic (exact) mass is 273 g/mol. The standard InChI is InChI=1S/C17H23NO2/c1-12(2)9-14(19)10-18-11-16-15-6-4-3-5-13(15)7-8-17(16)20/h3-8,12,14,18-20H,9-11H2,1-2H3. The van der Waals surface area contributed by atoms with Gasteiger partial charge in [-0.25, -0.2) is 0 Å². The molecule has 0 spiro atoms. The van der Waals surface area contributed by atoms with Crippen molar-refractivity contribution in [2.45, 2.75) is 32.9 Å². The first-order valence-corrected chi connectivity index (χ1v) is 7.16. The summed E-state index contributed by atoms with van der Waals surface area (Å²) in [6, 6.07) is 11.6. The van der Waals surface area contributed by atoms with Gasteiger partial charge in [0.2, 0.25) is 0 Å². The molecule has 3 N–H and O–H groups in total. The molecule has 0 saturated carbocycles. The smallest absolute Gasteiger partial charge is 0.120 e. The number of aromatic hydroxyl groups is 1. The number of nitrogens with one attached hydrogen (secondary N) is 1. The summed E-state index contributed by atoms with van der Waals surface area (Å²) in [6.07, 6.45) is 0.446. The molecule has 2 aromatic rings. The van der Waals surface area contributed by atoms with Crippen LogP contribution in [0.2, 0.25) is 0 Å². The molecule has 20 heavy (non-hydrogen) atoms. The third-order valence-electron chi connectivity index (χ3n) is 3.44. The lowest BCUT2D eigenvalue weighted by Crippen LogP contribution is -2.27. The van der Waals surface area contributed by atoms with E-state index in [-0.39, 0.29) is 6.10 Å². The Morgan fingerprint density at radius 1 is 1.10 bits per heavy atom. The van der Waals surface area contributed by atoms with E-state index in [0.717, 1.165) is 22.8 Å². The second-order valence-corrected chi connectivity index (χ2v) is 5.70. The van der Waals surface area contributed by atoms with Crippen LogP contribution in [-0.2, 0) is 6.54 Å². The van der Waals surface area contributed by atoms with Crippen LogP contribution in [0.4, 0.5) is 0 Å². The van der Waals surface area contributed by atoms with Gasteiger partial charge in [-0.1, -0.05) is 44.2 Å². The van der Waals surface area contributed by atoms with E-state index in [1.807, 2.05) is 30.3 Å². The van der Waals surface area contributed by atoms with Crippen LogP contribution in [-0.4, -0.2) is 22.9 Å². The Morgan fingerprint density at radius 3 is 2.60 bits per heavy atom. The number of phenolic OH excluding ortho intramolecular Hbond substituents is 1. The average molecular weight is 273 g/mol. The molecule has 3 nitrogen and oxygen atoms in total. The summed E-state index contributed by atoms with van der Waals surface area (Å²) in [4.78, 5) is 0. The average Bonchev–Trinajstić information content (AvgIpc) is 2.40. The van der Waals surface area contributed by atoms with Crippen LogP contribution in [0.5, 0.6) is 5.75 Å². The van der Waals surface area contributed by atoms with Crippen molar-refractivity contribution >= 4 is 10.8 Å². The first kappa shape index (κ1) is 14.8. The van der Waals surface area contributed by atoms with Crippen molar-refractivity contribution in [1.82, 2.24) is 5.32 Å². The van der Waals surface area contributed by atoms with E-state index in [1.165, 1.54) is 0 Å². The molecular formula is C17H23NO2. The number of hydrogen-bond donors (Lipinski definition) is 3. The maximum atomic E-state index is 10.0. The van der Waals surface area contributed by atoms with Crippen LogP contribution in [0.3, 0.4) is 0 Å². The van der Waals surface area contributed by atoms with E-state index in [4.69, 9.17) is 0 Å². The van der Waals surface area contributed by atoms with Gasteiger partial charge in [-0.3, -0.25) is 0 Å². The molecular weight excluding hydrogens is 250 g/mol. The molecule has 3 heteroatoms. The van der Waals surface area contributed by atoms with Gasteiger partial charge in [0.1, 0.15) is 5.75 Å². The molecule has 0 heterocycles. The number of benzene rings is 2. The van der Waals surface area contributed by atoms with Crippen LogP contribution in [0.25, 0.3) is 10.8 Å². The highest BCUT2D eigenvalue weighted by atomic mass is 16.3. The summed E-state index contributed by atoms with van der Waals surface area (Å²) in [5.74, 6) is 0.785. The Kier molecular flexibility index (Phi) is 4.99. The number of fused-ring (bicyclic) bond motifs is 1. The summed E-state index contributed by atoms with van der Waals surface area (Å²) < 4.78 is 0. The zero-order valence-electron chi connectivity index (χ0n) is 12.1. The predicted octanol–water partition coefficient (Wildman–Crippen LogP) is 3.04. The highest BCUT2D eigenvalue weighted by molar-refractivity contribution is 5.87. The molecule has 2 rings (SSSR count). The highest BCUT2D eigenvalue weighted by Crippen LogP contribution is 2.26. The predicted molar refractivity (Wildman–Crippen MR) is 82.8 cm³/mol. The number of hydrogen-bond acceptors (Lipinski definition) is 3. The fourth-order valence-electron chi connectivity index (χ4n) is 2.50. The summed E-state index contributed by atoms with van der Waals surface area (Å²) in [6.45, 7) is 5.29. The molecule has 0 fully saturated rings. The third kappa shape index (κ3) is 3.71. The zero-order valence-corrected chi connectivity index (χ0v) is 12.1. The quantitative estimate of drug-likeness (QED) is 0.758. The van der Waals surface area contributed by atoms with Gasteiger partial charge in [0.25, 0.3) is 0 Å². The van der Waals surface area contributed by atoms with Crippen molar-refractivity contribution in [3.8, 4) is 5.75 Å². The van der Waals surface area contributed by atoms with Crippen LogP contribution in [0.1, 0.15) is 25.8 Å². The Labute approximate surface area is 120 Å². The molecule has 0 aliphatic heterocycles. The second kappa shape index (κ2) is 6.73. The second-order valence-electron chi connectivity index (χ2n) is 5.70. The van der Waals surface area contributed by atoms with Crippen LogP contribution < -0.4 is 5.32 Å². The summed E-state index contributed by atoms with van der Waals surface area (Å²) >= 11 is 0. The Morgan fingerprint density at radius 2 is 1.85 bits per heavy atom. The Bertz CT molecular complexity index is 566. The number of aliphatic hydroxyl groups excluding tert-OH is 1. The normalized spacial score (nSPS) is 13.0. The van der Waals surface area contributed by atoms with Gasteiger partial charge in [0, 0.05) is 18.7 Å². The van der Waals surface area contributed by atoms with E-state index in [9.17, 15) is 10.2 Å². The van der Waals surface area contributed by atoms with Crippen molar-refractivity contribution in [2.75, 3.05) is 6.54 Å². The van der Waals surface area contributed by atoms with Gasteiger partial charge in [-0.05, 0) is 29.2 Å². The van der Waals surface area contributed by atoms with Gasteiger partial charge in [-0.2, -0.15) is 0 Å². The maximum absolute atomic E-state index is 10.0. The molecule has 1 atom stereocenters. The zero-order chi connectivity index (χ0) is 14.5. The van der Waals surface area contributed by atoms with E-state index in [2.05, 4.69) is 19.2 Å². The van der Waals surface area contributed by atoms with E-state index < -0.39 is 0 Å². The van der Waals surface area contributed by atoms with Crippen LogP contribution in [0, 0.1) is 5.92 Å². The molecule has 0 amide bonds. The minimum absolute atomic E-state index is 0.301. The summed E-state index contributed by atoms with van der Waals surface area (Å²) in [5.41, 5.74) is 0.889. The van der Waals surface area contributed by atoms with Gasteiger partial charge in [0.05, 0.1) is 6.10 Å². The number of phenols is 1. The lowest BCUT2D eigenvalue weighted by molar-refractivity contribution is 0.146. The Hall–Kier alpha value is -1.58. The van der Waals surface area contributed by atoms with E-state index in [0.29, 0.717) is 24.8 Å². The van der Waals surface area contributed by atoms with E-state index >= 15 is 0 Å². The first-order valence-electron chi connectivity index (χ1n) is 7.16. The third-order valence-corrected chi connectivity index (χ3v) is 3.44. The van der Waals surface area contributed by atoms with Gasteiger partial charge < -0.3 is 15.5 Å². The van der Waals surface area contributed by atoms with Crippen molar-refractivity contribution < 1.29 is 10.2 Å².